The summed E-state index contributed by atoms with van der Waals surface area (Å²) in [6.45, 7) is 2.86. The molecular formula is C20H23FN6O4. The molecule has 0 saturated carbocycles. The first-order valence-corrected chi connectivity index (χ1v) is 10.2. The lowest BCUT2D eigenvalue weighted by atomic mass is 9.86. The molecule has 4 rings (SSSR count). The summed E-state index contributed by atoms with van der Waals surface area (Å²) in [6, 6.07) is 4.42. The van der Waals surface area contributed by atoms with E-state index in [0.29, 0.717) is 44.3 Å². The van der Waals surface area contributed by atoms with Crippen LogP contribution >= 0.6 is 0 Å². The number of carboxylic acid groups (broad SMARTS) is 1. The van der Waals surface area contributed by atoms with Crippen molar-refractivity contribution in [3.63, 3.8) is 0 Å². The summed E-state index contributed by atoms with van der Waals surface area (Å²) >= 11 is 0. The summed E-state index contributed by atoms with van der Waals surface area (Å²) in [7, 11) is 0. The number of carboxylic acids is 1. The Labute approximate surface area is 177 Å². The fraction of sp³-hybridized carbons (Fsp3) is 0.500. The van der Waals surface area contributed by atoms with Crippen LogP contribution < -0.4 is 0 Å². The number of aryl methyl sites for hydroxylation is 1. The molecule has 1 aromatic heterocycles. The van der Waals surface area contributed by atoms with E-state index >= 15 is 0 Å². The Morgan fingerprint density at radius 2 is 2.06 bits per heavy atom. The normalized spacial score (nSPS) is 19.2. The third kappa shape index (κ3) is 4.54. The van der Waals surface area contributed by atoms with Crippen molar-refractivity contribution >= 4 is 17.6 Å². The molecule has 1 saturated heterocycles. The largest absolute Gasteiger partial charge is 0.480 e. The number of aliphatic carboxylic acids is 1. The molecule has 11 heteroatoms. The Balaban J connectivity index is 1.33. The van der Waals surface area contributed by atoms with Gasteiger partial charge in [0.05, 0.1) is 6.42 Å². The number of amidine groups is 1. The predicted molar refractivity (Wildman–Crippen MR) is 106 cm³/mol. The minimum Gasteiger partial charge on any atom is -0.480 e. The molecule has 31 heavy (non-hydrogen) atoms. The molecule has 1 N–H and O–H groups in total. The number of hydrogen-bond acceptors (Lipinski definition) is 8. The van der Waals surface area contributed by atoms with Gasteiger partial charge in [0.1, 0.15) is 11.7 Å². The summed E-state index contributed by atoms with van der Waals surface area (Å²) in [5.41, 5.74) is 1.35. The molecule has 2 aromatic rings. The van der Waals surface area contributed by atoms with Crippen LogP contribution in [0.2, 0.25) is 0 Å². The fourth-order valence-electron chi connectivity index (χ4n) is 3.97. The number of likely N-dealkylation sites (tertiary alicyclic amines) is 1. The van der Waals surface area contributed by atoms with Crippen molar-refractivity contribution < 1.29 is 23.9 Å². The minimum absolute atomic E-state index is 0.00210. The number of carbonyl (C=O) groups excluding carboxylic acids is 1. The van der Waals surface area contributed by atoms with Gasteiger partial charge in [-0.3, -0.25) is 9.59 Å². The lowest BCUT2D eigenvalue weighted by molar-refractivity contribution is -0.138. The highest BCUT2D eigenvalue weighted by Crippen LogP contribution is 2.29. The van der Waals surface area contributed by atoms with Gasteiger partial charge in [-0.2, -0.15) is 4.80 Å². The lowest BCUT2D eigenvalue weighted by Crippen LogP contribution is -2.40. The van der Waals surface area contributed by atoms with Crippen LogP contribution in [-0.4, -0.2) is 60.9 Å². The Hall–Kier alpha value is -3.37. The molecule has 0 radical (unpaired) electrons. The van der Waals surface area contributed by atoms with E-state index in [1.54, 1.807) is 6.07 Å². The van der Waals surface area contributed by atoms with Crippen LogP contribution in [0.5, 0.6) is 0 Å². The molecule has 0 amide bonds. The Morgan fingerprint density at radius 3 is 2.77 bits per heavy atom. The van der Waals surface area contributed by atoms with Crippen LogP contribution in [0.15, 0.2) is 23.4 Å². The Bertz CT molecular complexity index is 1010. The van der Waals surface area contributed by atoms with E-state index in [2.05, 4.69) is 25.5 Å². The average Bonchev–Trinajstić information content (AvgIpc) is 3.42. The van der Waals surface area contributed by atoms with E-state index in [0.717, 1.165) is 16.2 Å². The van der Waals surface area contributed by atoms with Crippen LogP contribution in [0.25, 0.3) is 0 Å². The molecule has 2 aliphatic rings. The summed E-state index contributed by atoms with van der Waals surface area (Å²) in [5.74, 6) is -0.587. The maximum absolute atomic E-state index is 13.7. The number of piperidine rings is 1. The van der Waals surface area contributed by atoms with Gasteiger partial charge in [-0.05, 0) is 42.2 Å². The first kappa shape index (κ1) is 20.9. The zero-order valence-corrected chi connectivity index (χ0v) is 17.1. The van der Waals surface area contributed by atoms with E-state index in [-0.39, 0.29) is 24.1 Å². The predicted octanol–water partition coefficient (Wildman–Crippen LogP) is 1.83. The molecule has 1 aromatic carbocycles. The van der Waals surface area contributed by atoms with Crippen molar-refractivity contribution in [2.75, 3.05) is 13.1 Å². The van der Waals surface area contributed by atoms with E-state index in [4.69, 9.17) is 9.94 Å². The van der Waals surface area contributed by atoms with Crippen molar-refractivity contribution in [2.45, 2.75) is 45.3 Å². The fourth-order valence-corrected chi connectivity index (χ4v) is 3.97. The topological polar surface area (TPSA) is 123 Å². The number of halogens is 1. The zero-order valence-electron chi connectivity index (χ0n) is 17.1. The minimum atomic E-state index is -1.06. The number of carbonyl (C=O) groups is 2. The number of hydrogen-bond donors (Lipinski definition) is 1. The van der Waals surface area contributed by atoms with Crippen molar-refractivity contribution in [2.24, 2.45) is 11.1 Å². The van der Waals surface area contributed by atoms with E-state index in [1.807, 2.05) is 6.92 Å². The van der Waals surface area contributed by atoms with E-state index < -0.39 is 17.9 Å². The molecule has 0 aliphatic carbocycles. The van der Waals surface area contributed by atoms with Crippen LogP contribution in [-0.2, 0) is 22.6 Å². The molecule has 0 bridgehead atoms. The Morgan fingerprint density at radius 1 is 1.29 bits per heavy atom. The molecule has 1 fully saturated rings. The highest BCUT2D eigenvalue weighted by atomic mass is 19.1. The molecule has 10 nitrogen and oxygen atoms in total. The van der Waals surface area contributed by atoms with Gasteiger partial charge in [0, 0.05) is 24.6 Å². The number of benzene rings is 1. The van der Waals surface area contributed by atoms with Crippen molar-refractivity contribution in [1.82, 2.24) is 25.1 Å². The van der Waals surface area contributed by atoms with Gasteiger partial charge in [-0.25, -0.2) is 4.39 Å². The maximum Gasteiger partial charge on any atom is 0.327 e. The highest BCUT2D eigenvalue weighted by molar-refractivity contribution is 5.99. The van der Waals surface area contributed by atoms with Gasteiger partial charge in [0.15, 0.2) is 18.4 Å². The summed E-state index contributed by atoms with van der Waals surface area (Å²) in [4.78, 5) is 32.2. The van der Waals surface area contributed by atoms with E-state index in [9.17, 15) is 14.0 Å². The molecule has 164 valence electrons. The van der Waals surface area contributed by atoms with Crippen molar-refractivity contribution in [3.8, 4) is 0 Å². The van der Waals surface area contributed by atoms with Crippen molar-refractivity contribution in [1.29, 1.82) is 0 Å². The molecule has 1 unspecified atom stereocenters. The third-order valence-electron chi connectivity index (χ3n) is 5.64. The molecule has 2 aliphatic heterocycles. The monoisotopic (exact) mass is 430 g/mol. The molecule has 3 heterocycles. The number of ketones is 1. The zero-order chi connectivity index (χ0) is 22.0. The van der Waals surface area contributed by atoms with E-state index in [1.165, 1.54) is 12.1 Å². The van der Waals surface area contributed by atoms with Crippen LogP contribution in [0.4, 0.5) is 4.39 Å². The first-order valence-electron chi connectivity index (χ1n) is 10.2. The van der Waals surface area contributed by atoms with Crippen molar-refractivity contribution in [3.05, 3.63) is 41.0 Å². The average molecular weight is 430 g/mol. The number of nitrogens with zero attached hydrogens (tertiary/aromatic N) is 6. The van der Waals surface area contributed by atoms with Gasteiger partial charge in [-0.1, -0.05) is 18.1 Å². The number of rotatable bonds is 6. The Kier molecular flexibility index (Phi) is 5.92. The second-order valence-electron chi connectivity index (χ2n) is 7.66. The number of Topliss-reactive ketones (excluding diaryl/α,β-unsaturated/α-hetero) is 1. The van der Waals surface area contributed by atoms with Gasteiger partial charge in [0.2, 0.25) is 5.82 Å². The summed E-state index contributed by atoms with van der Waals surface area (Å²) in [5, 5.41) is 24.5. The molecule has 0 spiro atoms. The SMILES string of the molecule is CCc1ccc(F)cc1C(=O)C1CCN(C2=NOC(c3nnn(CC(=O)O)n3)C2)CC1. The van der Waals surface area contributed by atoms with Crippen LogP contribution in [0, 0.1) is 11.7 Å². The second-order valence-corrected chi connectivity index (χ2v) is 7.66. The van der Waals surface area contributed by atoms with Crippen LogP contribution in [0.3, 0.4) is 0 Å². The maximum atomic E-state index is 13.7. The summed E-state index contributed by atoms with van der Waals surface area (Å²) in [6.07, 6.45) is 1.91. The standard InChI is InChI=1S/C20H23FN6O4/c1-2-12-3-4-14(21)9-15(12)19(30)13-5-7-26(8-6-13)17-10-16(31-24-17)20-22-25-27(23-20)11-18(28)29/h3-4,9,13,16H,2,5-8,10-11H2,1H3,(H,28,29). The van der Waals surface area contributed by atoms with Gasteiger partial charge in [0.25, 0.3) is 0 Å². The molecule has 1 atom stereocenters. The van der Waals surface area contributed by atoms with Gasteiger partial charge >= 0.3 is 5.97 Å². The smallest absolute Gasteiger partial charge is 0.327 e. The number of tetrazole rings is 1. The lowest BCUT2D eigenvalue weighted by Gasteiger charge is -2.32. The highest BCUT2D eigenvalue weighted by Gasteiger charge is 2.34. The van der Waals surface area contributed by atoms with Gasteiger partial charge < -0.3 is 14.8 Å². The first-order chi connectivity index (χ1) is 14.9. The third-order valence-corrected chi connectivity index (χ3v) is 5.64. The quantitative estimate of drug-likeness (QED) is 0.689. The number of aromatic nitrogens is 4. The van der Waals surface area contributed by atoms with Gasteiger partial charge in [-0.15, -0.1) is 10.2 Å². The second kappa shape index (κ2) is 8.78. The number of oxime groups is 1. The summed E-state index contributed by atoms with van der Waals surface area (Å²) < 4.78 is 13.7. The molecular weight excluding hydrogens is 407 g/mol. The van der Waals surface area contributed by atoms with Crippen LogP contribution in [0.1, 0.15) is 54.0 Å².